The van der Waals surface area contributed by atoms with Crippen LogP contribution < -0.4 is 21.3 Å². The second-order valence-corrected chi connectivity index (χ2v) is 9.31. The molecule has 4 aromatic rings. The summed E-state index contributed by atoms with van der Waals surface area (Å²) in [6.45, 7) is 2.18. The highest BCUT2D eigenvalue weighted by atomic mass is 16.4. The Morgan fingerprint density at radius 3 is 2.44 bits per heavy atom. The van der Waals surface area contributed by atoms with E-state index in [-0.39, 0.29) is 18.5 Å². The van der Waals surface area contributed by atoms with Crippen LogP contribution in [0.2, 0.25) is 0 Å². The lowest BCUT2D eigenvalue weighted by molar-refractivity contribution is -0.136. The molecule has 1 unspecified atom stereocenters. The highest BCUT2D eigenvalue weighted by Crippen LogP contribution is 2.34. The Morgan fingerprint density at radius 2 is 1.67 bits per heavy atom. The zero-order valence-corrected chi connectivity index (χ0v) is 21.4. The SMILES string of the molecule is Cc1ccc(CNCC(=O)O)cc1NC(=O)c1ccc(NC2=NC(c3ccccc3)c3ccccc3N2)cc1. The molecule has 5 rings (SSSR count). The molecular weight excluding hydrogens is 490 g/mol. The second kappa shape index (κ2) is 11.6. The highest BCUT2D eigenvalue weighted by molar-refractivity contribution is 6.07. The minimum atomic E-state index is -0.916. The van der Waals surface area contributed by atoms with Crippen molar-refractivity contribution in [3.05, 3.63) is 125 Å². The van der Waals surface area contributed by atoms with Crippen molar-refractivity contribution in [1.82, 2.24) is 5.32 Å². The number of carboxylic acid groups (broad SMARTS) is 1. The number of carbonyl (C=O) groups excluding carboxylic acids is 1. The Hall–Kier alpha value is -4.95. The summed E-state index contributed by atoms with van der Waals surface area (Å²) in [5.41, 5.74) is 7.00. The minimum absolute atomic E-state index is 0.128. The number of benzene rings is 4. The molecule has 4 aromatic carbocycles. The number of anilines is 3. The third-order valence-electron chi connectivity index (χ3n) is 6.45. The summed E-state index contributed by atoms with van der Waals surface area (Å²) in [6, 6.07) is 31.0. The Labute approximate surface area is 226 Å². The van der Waals surface area contributed by atoms with Gasteiger partial charge in [-0.2, -0.15) is 0 Å². The van der Waals surface area contributed by atoms with Gasteiger partial charge >= 0.3 is 5.97 Å². The van der Waals surface area contributed by atoms with E-state index in [4.69, 9.17) is 10.1 Å². The Bertz CT molecular complexity index is 1520. The van der Waals surface area contributed by atoms with E-state index in [1.54, 1.807) is 12.1 Å². The fraction of sp³-hybridized carbons (Fsp3) is 0.129. The molecule has 0 radical (unpaired) electrons. The summed E-state index contributed by atoms with van der Waals surface area (Å²) in [5.74, 6) is -0.518. The first-order chi connectivity index (χ1) is 19.0. The van der Waals surface area contributed by atoms with Gasteiger partial charge in [-0.25, -0.2) is 4.99 Å². The molecule has 8 heteroatoms. The Kier molecular flexibility index (Phi) is 7.65. The fourth-order valence-electron chi connectivity index (χ4n) is 4.42. The lowest BCUT2D eigenvalue weighted by Gasteiger charge is -2.26. The molecule has 0 fully saturated rings. The van der Waals surface area contributed by atoms with E-state index in [2.05, 4.69) is 39.5 Å². The van der Waals surface area contributed by atoms with Crippen LogP contribution in [-0.2, 0) is 11.3 Å². The third-order valence-corrected chi connectivity index (χ3v) is 6.45. The number of hydrogen-bond acceptors (Lipinski definition) is 6. The highest BCUT2D eigenvalue weighted by Gasteiger charge is 2.22. The molecule has 0 aliphatic carbocycles. The van der Waals surface area contributed by atoms with Crippen LogP contribution in [0.15, 0.2) is 102 Å². The number of nitrogens with zero attached hydrogens (tertiary/aromatic N) is 1. The standard InChI is InChI=1S/C31H29N5O3/c1-20-11-12-21(18-32-19-28(37)38)17-27(20)34-30(39)23-13-15-24(16-14-23)33-31-35-26-10-6-5-9-25(26)29(36-31)22-7-3-2-4-8-22/h2-17,29,32H,18-19H2,1H3,(H,34,39)(H,37,38)(H2,33,35,36). The van der Waals surface area contributed by atoms with Crippen molar-refractivity contribution in [2.45, 2.75) is 19.5 Å². The normalized spacial score (nSPS) is 14.0. The molecule has 0 spiro atoms. The van der Waals surface area contributed by atoms with Crippen molar-refractivity contribution in [2.75, 3.05) is 22.5 Å². The number of guanidine groups is 1. The molecule has 0 saturated carbocycles. The maximum Gasteiger partial charge on any atom is 0.317 e. The molecule has 1 aliphatic rings. The smallest absolute Gasteiger partial charge is 0.317 e. The van der Waals surface area contributed by atoms with Crippen molar-refractivity contribution in [2.24, 2.45) is 4.99 Å². The predicted molar refractivity (Wildman–Crippen MR) is 154 cm³/mol. The van der Waals surface area contributed by atoms with E-state index in [1.165, 1.54) is 0 Å². The molecule has 5 N–H and O–H groups in total. The van der Waals surface area contributed by atoms with Crippen LogP contribution in [0, 0.1) is 6.92 Å². The molecule has 1 aliphatic heterocycles. The van der Waals surface area contributed by atoms with Crippen molar-refractivity contribution < 1.29 is 14.7 Å². The summed E-state index contributed by atoms with van der Waals surface area (Å²) in [7, 11) is 0. The third kappa shape index (κ3) is 6.31. The first kappa shape index (κ1) is 25.7. The van der Waals surface area contributed by atoms with Gasteiger partial charge in [0.1, 0.15) is 6.04 Å². The zero-order chi connectivity index (χ0) is 27.2. The average molecular weight is 520 g/mol. The summed E-state index contributed by atoms with van der Waals surface area (Å²) in [4.78, 5) is 28.6. The van der Waals surface area contributed by atoms with Gasteiger partial charge in [0, 0.05) is 34.7 Å². The first-order valence-electron chi connectivity index (χ1n) is 12.7. The zero-order valence-electron chi connectivity index (χ0n) is 21.4. The number of fused-ring (bicyclic) bond motifs is 1. The van der Waals surface area contributed by atoms with E-state index in [0.29, 0.717) is 23.8 Å². The van der Waals surface area contributed by atoms with Crippen LogP contribution >= 0.6 is 0 Å². The summed E-state index contributed by atoms with van der Waals surface area (Å²) in [6.07, 6.45) is 0. The fourth-order valence-corrected chi connectivity index (χ4v) is 4.42. The van der Waals surface area contributed by atoms with Gasteiger partial charge in [-0.05, 0) is 60.0 Å². The maximum atomic E-state index is 13.0. The molecule has 0 saturated heterocycles. The van der Waals surface area contributed by atoms with Crippen molar-refractivity contribution in [1.29, 1.82) is 0 Å². The quantitative estimate of drug-likeness (QED) is 0.213. The van der Waals surface area contributed by atoms with Crippen molar-refractivity contribution in [3.8, 4) is 0 Å². The topological polar surface area (TPSA) is 115 Å². The summed E-state index contributed by atoms with van der Waals surface area (Å²) < 4.78 is 0. The van der Waals surface area contributed by atoms with Gasteiger partial charge in [0.15, 0.2) is 0 Å². The van der Waals surface area contributed by atoms with Gasteiger partial charge in [0.2, 0.25) is 5.96 Å². The monoisotopic (exact) mass is 519 g/mol. The first-order valence-corrected chi connectivity index (χ1v) is 12.7. The number of aryl methyl sites for hydroxylation is 1. The molecule has 0 aromatic heterocycles. The van der Waals surface area contributed by atoms with Crippen LogP contribution in [0.1, 0.15) is 38.7 Å². The van der Waals surface area contributed by atoms with Crippen LogP contribution in [0.25, 0.3) is 0 Å². The van der Waals surface area contributed by atoms with Gasteiger partial charge in [-0.15, -0.1) is 0 Å². The van der Waals surface area contributed by atoms with E-state index in [0.717, 1.165) is 33.6 Å². The number of para-hydroxylation sites is 1. The minimum Gasteiger partial charge on any atom is -0.480 e. The lowest BCUT2D eigenvalue weighted by atomic mass is 9.96. The second-order valence-electron chi connectivity index (χ2n) is 9.31. The molecular formula is C31H29N5O3. The predicted octanol–water partition coefficient (Wildman–Crippen LogP) is 5.40. The van der Waals surface area contributed by atoms with Crippen LogP contribution in [0.3, 0.4) is 0 Å². The number of nitrogens with one attached hydrogen (secondary N) is 4. The van der Waals surface area contributed by atoms with E-state index < -0.39 is 5.97 Å². The largest absolute Gasteiger partial charge is 0.480 e. The van der Waals surface area contributed by atoms with Gasteiger partial charge < -0.3 is 26.4 Å². The number of rotatable bonds is 8. The van der Waals surface area contributed by atoms with Crippen LogP contribution in [0.5, 0.6) is 0 Å². The summed E-state index contributed by atoms with van der Waals surface area (Å²) >= 11 is 0. The number of aliphatic carboxylic acids is 1. The average Bonchev–Trinajstić information content (AvgIpc) is 2.95. The number of hydrogen-bond donors (Lipinski definition) is 5. The maximum absolute atomic E-state index is 13.0. The number of carbonyl (C=O) groups is 2. The van der Waals surface area contributed by atoms with E-state index >= 15 is 0 Å². The lowest BCUT2D eigenvalue weighted by Crippen LogP contribution is -2.27. The molecule has 8 nitrogen and oxygen atoms in total. The number of aliphatic imine (C=N–C) groups is 1. The molecule has 1 atom stereocenters. The summed E-state index contributed by atoms with van der Waals surface area (Å²) in [5, 5.41) is 21.3. The Balaban J connectivity index is 1.27. The Morgan fingerprint density at radius 1 is 0.923 bits per heavy atom. The van der Waals surface area contributed by atoms with E-state index in [1.807, 2.05) is 73.7 Å². The van der Waals surface area contributed by atoms with Gasteiger partial charge in [-0.1, -0.05) is 60.7 Å². The molecule has 1 amide bonds. The van der Waals surface area contributed by atoms with E-state index in [9.17, 15) is 9.59 Å². The van der Waals surface area contributed by atoms with Gasteiger partial charge in [0.25, 0.3) is 5.91 Å². The number of carboxylic acids is 1. The molecule has 0 bridgehead atoms. The van der Waals surface area contributed by atoms with Crippen molar-refractivity contribution in [3.63, 3.8) is 0 Å². The molecule has 1 heterocycles. The molecule has 196 valence electrons. The van der Waals surface area contributed by atoms with Gasteiger partial charge in [0.05, 0.1) is 6.54 Å². The number of amides is 1. The van der Waals surface area contributed by atoms with Crippen molar-refractivity contribution >= 4 is 34.9 Å². The van der Waals surface area contributed by atoms with Crippen LogP contribution in [0.4, 0.5) is 17.1 Å². The van der Waals surface area contributed by atoms with Gasteiger partial charge in [-0.3, -0.25) is 9.59 Å². The molecule has 39 heavy (non-hydrogen) atoms. The van der Waals surface area contributed by atoms with Crippen LogP contribution in [-0.4, -0.2) is 29.5 Å².